The van der Waals surface area contributed by atoms with Crippen molar-refractivity contribution < 1.29 is 4.79 Å². The zero-order valence-corrected chi connectivity index (χ0v) is 8.05. The lowest BCUT2D eigenvalue weighted by Gasteiger charge is -1.97. The normalized spacial score (nSPS) is 15.7. The van der Waals surface area contributed by atoms with Crippen LogP contribution >= 0.6 is 0 Å². The van der Waals surface area contributed by atoms with Gasteiger partial charge in [-0.05, 0) is 25.0 Å². The number of anilines is 1. The first-order chi connectivity index (χ1) is 7.27. The third kappa shape index (κ3) is 1.20. The molecule has 0 amide bonds. The van der Waals surface area contributed by atoms with E-state index in [0.717, 1.165) is 18.2 Å². The molecule has 3 rings (SSSR count). The van der Waals surface area contributed by atoms with E-state index in [9.17, 15) is 4.79 Å². The highest BCUT2D eigenvalue weighted by molar-refractivity contribution is 5.95. The minimum Gasteiger partial charge on any atom is -0.382 e. The molecule has 0 bridgehead atoms. The summed E-state index contributed by atoms with van der Waals surface area (Å²) in [6.45, 7) is 0. The number of nitrogens with two attached hydrogens (primary N) is 1. The Morgan fingerprint density at radius 2 is 2.33 bits per heavy atom. The Hall–Kier alpha value is -1.91. The van der Waals surface area contributed by atoms with E-state index < -0.39 is 0 Å². The molecule has 0 atom stereocenters. The summed E-state index contributed by atoms with van der Waals surface area (Å²) in [7, 11) is 0. The monoisotopic (exact) mass is 202 g/mol. The Labute approximate surface area is 85.9 Å². The van der Waals surface area contributed by atoms with Crippen molar-refractivity contribution in [1.82, 2.24) is 14.8 Å². The maximum atomic E-state index is 11.8. The number of fused-ring (bicyclic) bond motifs is 1. The Kier molecular flexibility index (Phi) is 1.56. The van der Waals surface area contributed by atoms with Crippen molar-refractivity contribution in [3.63, 3.8) is 0 Å². The van der Waals surface area contributed by atoms with E-state index in [2.05, 4.69) is 10.1 Å². The van der Waals surface area contributed by atoms with E-state index in [-0.39, 0.29) is 11.8 Å². The molecule has 1 saturated carbocycles. The lowest BCUT2D eigenvalue weighted by atomic mass is 10.3. The number of carbonyl (C=O) groups is 1. The third-order valence-electron chi connectivity index (χ3n) is 2.61. The Balaban J connectivity index is 2.21. The van der Waals surface area contributed by atoms with Gasteiger partial charge in [-0.25, -0.2) is 4.98 Å². The lowest BCUT2D eigenvalue weighted by molar-refractivity contribution is 0.0875. The second-order valence-corrected chi connectivity index (χ2v) is 3.78. The van der Waals surface area contributed by atoms with Crippen molar-refractivity contribution >= 4 is 22.8 Å². The van der Waals surface area contributed by atoms with Crippen molar-refractivity contribution in [2.24, 2.45) is 5.92 Å². The molecule has 1 fully saturated rings. The van der Waals surface area contributed by atoms with Crippen LogP contribution in [-0.4, -0.2) is 20.7 Å². The Morgan fingerprint density at radius 3 is 3.07 bits per heavy atom. The molecule has 2 aromatic rings. The predicted molar refractivity (Wildman–Crippen MR) is 55.3 cm³/mol. The first-order valence-corrected chi connectivity index (χ1v) is 4.91. The summed E-state index contributed by atoms with van der Waals surface area (Å²) in [6.07, 6.45) is 3.54. The van der Waals surface area contributed by atoms with E-state index in [1.807, 2.05) is 6.07 Å². The lowest BCUT2D eigenvalue weighted by Crippen LogP contribution is -2.14. The molecular weight excluding hydrogens is 192 g/mol. The largest absolute Gasteiger partial charge is 0.382 e. The van der Waals surface area contributed by atoms with Gasteiger partial charge in [0.15, 0.2) is 11.5 Å². The highest BCUT2D eigenvalue weighted by atomic mass is 16.2. The van der Waals surface area contributed by atoms with Crippen LogP contribution in [0.25, 0.3) is 11.0 Å². The average molecular weight is 202 g/mol. The number of nitrogens with zero attached hydrogens (tertiary/aromatic N) is 3. The van der Waals surface area contributed by atoms with Crippen LogP contribution in [0.2, 0.25) is 0 Å². The molecule has 5 heteroatoms. The first kappa shape index (κ1) is 8.40. The molecule has 1 aliphatic carbocycles. The Bertz CT molecular complexity index is 541. The summed E-state index contributed by atoms with van der Waals surface area (Å²) < 4.78 is 1.34. The predicted octanol–water partition coefficient (Wildman–Crippen LogP) is 1.06. The van der Waals surface area contributed by atoms with Gasteiger partial charge in [0, 0.05) is 12.1 Å². The molecule has 76 valence electrons. The number of hydrogen-bond donors (Lipinski definition) is 1. The summed E-state index contributed by atoms with van der Waals surface area (Å²) in [5, 5.41) is 4.78. The second kappa shape index (κ2) is 2.79. The highest BCUT2D eigenvalue weighted by Gasteiger charge is 2.32. The molecule has 15 heavy (non-hydrogen) atoms. The van der Waals surface area contributed by atoms with Gasteiger partial charge in [-0.15, -0.1) is 5.10 Å². The fraction of sp³-hybridized carbons (Fsp3) is 0.300. The molecule has 0 unspecified atom stereocenters. The van der Waals surface area contributed by atoms with Crippen LogP contribution in [0.3, 0.4) is 0 Å². The Morgan fingerprint density at radius 1 is 1.53 bits per heavy atom. The van der Waals surface area contributed by atoms with Crippen molar-refractivity contribution in [2.75, 3.05) is 5.73 Å². The second-order valence-electron chi connectivity index (χ2n) is 3.78. The van der Waals surface area contributed by atoms with Crippen LogP contribution in [0.5, 0.6) is 0 Å². The number of pyridine rings is 1. The van der Waals surface area contributed by atoms with Gasteiger partial charge in [0.2, 0.25) is 0 Å². The average Bonchev–Trinajstić information content (AvgIpc) is 3.04. The van der Waals surface area contributed by atoms with Gasteiger partial charge in [0.1, 0.15) is 0 Å². The van der Waals surface area contributed by atoms with E-state index in [4.69, 9.17) is 5.73 Å². The fourth-order valence-electron chi connectivity index (χ4n) is 1.63. The smallest absolute Gasteiger partial charge is 0.252 e. The van der Waals surface area contributed by atoms with E-state index in [1.165, 1.54) is 4.68 Å². The minimum absolute atomic E-state index is 0.00963. The quantitative estimate of drug-likeness (QED) is 0.750. The van der Waals surface area contributed by atoms with Crippen LogP contribution < -0.4 is 5.73 Å². The number of rotatable bonds is 1. The zero-order chi connectivity index (χ0) is 10.4. The van der Waals surface area contributed by atoms with Crippen LogP contribution in [0.4, 0.5) is 5.82 Å². The number of nitrogen functional groups attached to an aromatic ring is 1. The molecular formula is C10H10N4O. The van der Waals surface area contributed by atoms with Crippen molar-refractivity contribution in [2.45, 2.75) is 12.8 Å². The summed E-state index contributed by atoms with van der Waals surface area (Å²) in [6, 6.07) is 3.60. The van der Waals surface area contributed by atoms with Crippen LogP contribution in [-0.2, 0) is 0 Å². The summed E-state index contributed by atoms with van der Waals surface area (Å²) in [4.78, 5) is 16.0. The van der Waals surface area contributed by atoms with Gasteiger partial charge in [-0.3, -0.25) is 4.79 Å². The molecule has 2 N–H and O–H groups in total. The standard InChI is InChI=1S/C10H10N4O/c11-8-7-2-1-5-12-9(7)14(13-8)10(15)6-3-4-6/h1-2,5-6H,3-4H2,(H2,11,13). The molecule has 0 spiro atoms. The highest BCUT2D eigenvalue weighted by Crippen LogP contribution is 2.31. The SMILES string of the molecule is Nc1nn(C(=O)C2CC2)c2ncccc12. The maximum absolute atomic E-state index is 11.8. The van der Waals surface area contributed by atoms with Gasteiger partial charge >= 0.3 is 0 Å². The van der Waals surface area contributed by atoms with Crippen molar-refractivity contribution in [3.8, 4) is 0 Å². The summed E-state index contributed by atoms with van der Waals surface area (Å²) in [5.41, 5.74) is 6.27. The number of aromatic nitrogens is 3. The van der Waals surface area contributed by atoms with Gasteiger partial charge in [-0.2, -0.15) is 4.68 Å². The first-order valence-electron chi connectivity index (χ1n) is 4.91. The van der Waals surface area contributed by atoms with Crippen molar-refractivity contribution in [1.29, 1.82) is 0 Å². The number of carbonyl (C=O) groups excluding carboxylic acids is 1. The summed E-state index contributed by atoms with van der Waals surface area (Å²) in [5.74, 6) is 0.497. The molecule has 5 nitrogen and oxygen atoms in total. The van der Waals surface area contributed by atoms with E-state index in [0.29, 0.717) is 11.5 Å². The molecule has 1 aliphatic rings. The molecule has 0 aliphatic heterocycles. The molecule has 2 aromatic heterocycles. The van der Waals surface area contributed by atoms with Gasteiger partial charge < -0.3 is 5.73 Å². The molecule has 2 heterocycles. The molecule has 0 saturated heterocycles. The van der Waals surface area contributed by atoms with Crippen LogP contribution in [0, 0.1) is 5.92 Å². The van der Waals surface area contributed by atoms with Gasteiger partial charge in [-0.1, -0.05) is 0 Å². The van der Waals surface area contributed by atoms with Gasteiger partial charge in [0.05, 0.1) is 5.39 Å². The van der Waals surface area contributed by atoms with Gasteiger partial charge in [0.25, 0.3) is 5.91 Å². The zero-order valence-electron chi connectivity index (χ0n) is 8.05. The molecule has 0 aromatic carbocycles. The van der Waals surface area contributed by atoms with Crippen LogP contribution in [0.15, 0.2) is 18.3 Å². The van der Waals surface area contributed by atoms with Crippen molar-refractivity contribution in [3.05, 3.63) is 18.3 Å². The maximum Gasteiger partial charge on any atom is 0.252 e. The van der Waals surface area contributed by atoms with E-state index >= 15 is 0 Å². The minimum atomic E-state index is 0.00963. The fourth-order valence-corrected chi connectivity index (χ4v) is 1.63. The topological polar surface area (TPSA) is 73.8 Å². The third-order valence-corrected chi connectivity index (χ3v) is 2.61. The number of hydrogen-bond acceptors (Lipinski definition) is 4. The van der Waals surface area contributed by atoms with Crippen LogP contribution in [0.1, 0.15) is 17.6 Å². The molecule has 0 radical (unpaired) electrons. The van der Waals surface area contributed by atoms with E-state index in [1.54, 1.807) is 12.3 Å². The summed E-state index contributed by atoms with van der Waals surface area (Å²) >= 11 is 0.